The number of hydrogen-bond donors (Lipinski definition) is 1. The Kier molecular flexibility index (Phi) is 5.16. The number of benzene rings is 1. The average Bonchev–Trinajstić information content (AvgIpc) is 3.25. The van der Waals surface area contributed by atoms with Crippen molar-refractivity contribution in [2.45, 2.75) is 18.2 Å². The highest BCUT2D eigenvalue weighted by Crippen LogP contribution is 2.26. The van der Waals surface area contributed by atoms with Crippen molar-refractivity contribution in [1.29, 1.82) is 0 Å². The molecule has 3 aromatic rings. The van der Waals surface area contributed by atoms with E-state index in [-0.39, 0.29) is 17.1 Å². The van der Waals surface area contributed by atoms with Crippen LogP contribution in [-0.2, 0) is 16.4 Å². The number of nitro benzene ring substituents is 1. The first-order chi connectivity index (χ1) is 12.4. The third-order valence-electron chi connectivity index (χ3n) is 3.62. The molecule has 136 valence electrons. The van der Waals surface area contributed by atoms with Gasteiger partial charge in [-0.3, -0.25) is 10.1 Å². The summed E-state index contributed by atoms with van der Waals surface area (Å²) in [5.74, 6) is 1.14. The maximum atomic E-state index is 12.3. The quantitative estimate of drug-likeness (QED) is 0.487. The summed E-state index contributed by atoms with van der Waals surface area (Å²) in [4.78, 5) is 15.3. The lowest BCUT2D eigenvalue weighted by atomic mass is 10.3. The Labute approximate surface area is 153 Å². The Morgan fingerprint density at radius 1 is 1.31 bits per heavy atom. The van der Waals surface area contributed by atoms with Crippen LogP contribution < -0.4 is 4.72 Å². The molecule has 0 fully saturated rings. The van der Waals surface area contributed by atoms with Gasteiger partial charge in [0.15, 0.2) is 0 Å². The number of sulfonamides is 1. The lowest BCUT2D eigenvalue weighted by Gasteiger charge is -2.06. The van der Waals surface area contributed by atoms with Crippen LogP contribution in [-0.4, -0.2) is 24.9 Å². The number of aryl methyl sites for hydroxylation is 1. The number of nitrogens with zero attached hydrogens (tertiary/aromatic N) is 2. The predicted octanol–water partition coefficient (Wildman–Crippen LogP) is 3.14. The second-order valence-electron chi connectivity index (χ2n) is 5.40. The van der Waals surface area contributed by atoms with Gasteiger partial charge >= 0.3 is 0 Å². The smallest absolute Gasteiger partial charge is 0.270 e. The molecule has 0 aliphatic carbocycles. The van der Waals surface area contributed by atoms with Gasteiger partial charge in [-0.25, -0.2) is 18.1 Å². The normalized spacial score (nSPS) is 11.6. The Balaban J connectivity index is 1.68. The second-order valence-corrected chi connectivity index (χ2v) is 8.12. The molecule has 8 nitrogen and oxygen atoms in total. The van der Waals surface area contributed by atoms with Crippen LogP contribution in [0.1, 0.15) is 11.5 Å². The van der Waals surface area contributed by atoms with E-state index in [2.05, 4.69) is 9.71 Å². The molecule has 10 heteroatoms. The summed E-state index contributed by atoms with van der Waals surface area (Å²) in [6.07, 6.45) is 0.342. The van der Waals surface area contributed by atoms with Crippen LogP contribution in [0.15, 0.2) is 51.1 Å². The van der Waals surface area contributed by atoms with E-state index in [0.717, 1.165) is 10.9 Å². The number of aromatic nitrogens is 1. The van der Waals surface area contributed by atoms with Crippen molar-refractivity contribution in [3.63, 3.8) is 0 Å². The predicted molar refractivity (Wildman–Crippen MR) is 96.5 cm³/mol. The number of nitro groups is 1. The minimum Gasteiger partial charge on any atom is -0.440 e. The molecule has 0 atom stereocenters. The third-order valence-corrected chi connectivity index (χ3v) is 5.93. The molecule has 2 aromatic heterocycles. The molecular formula is C16H15N3O5S2. The number of nitrogens with one attached hydrogen (secondary N) is 1. The Morgan fingerprint density at radius 3 is 2.81 bits per heavy atom. The van der Waals surface area contributed by atoms with E-state index in [0.29, 0.717) is 23.8 Å². The van der Waals surface area contributed by atoms with Crippen molar-refractivity contribution in [3.05, 3.63) is 63.3 Å². The first kappa shape index (κ1) is 18.2. The zero-order valence-electron chi connectivity index (χ0n) is 13.7. The van der Waals surface area contributed by atoms with E-state index in [4.69, 9.17) is 4.42 Å². The lowest BCUT2D eigenvalue weighted by molar-refractivity contribution is -0.385. The molecule has 0 saturated heterocycles. The molecule has 1 aromatic carbocycles. The highest BCUT2D eigenvalue weighted by molar-refractivity contribution is 7.89. The van der Waals surface area contributed by atoms with Crippen LogP contribution >= 0.6 is 11.3 Å². The van der Waals surface area contributed by atoms with Gasteiger partial charge in [-0.1, -0.05) is 12.1 Å². The third kappa shape index (κ3) is 3.98. The van der Waals surface area contributed by atoms with E-state index >= 15 is 0 Å². The molecule has 0 aliphatic heterocycles. The maximum Gasteiger partial charge on any atom is 0.270 e. The molecule has 0 radical (unpaired) electrons. The van der Waals surface area contributed by atoms with E-state index in [1.54, 1.807) is 6.92 Å². The molecule has 0 bridgehead atoms. The van der Waals surface area contributed by atoms with E-state index in [9.17, 15) is 18.5 Å². The van der Waals surface area contributed by atoms with Gasteiger partial charge in [0.2, 0.25) is 15.9 Å². The van der Waals surface area contributed by atoms with Crippen molar-refractivity contribution >= 4 is 27.0 Å². The summed E-state index contributed by atoms with van der Waals surface area (Å²) < 4.78 is 32.6. The lowest BCUT2D eigenvalue weighted by Crippen LogP contribution is -2.26. The number of hydrogen-bond acceptors (Lipinski definition) is 7. The highest BCUT2D eigenvalue weighted by atomic mass is 32.2. The van der Waals surface area contributed by atoms with Gasteiger partial charge in [0.25, 0.3) is 5.69 Å². The summed E-state index contributed by atoms with van der Waals surface area (Å²) >= 11 is 1.50. The van der Waals surface area contributed by atoms with E-state index in [1.165, 1.54) is 29.5 Å². The summed E-state index contributed by atoms with van der Waals surface area (Å²) in [6.45, 7) is 1.87. The molecule has 2 heterocycles. The molecule has 26 heavy (non-hydrogen) atoms. The minimum absolute atomic E-state index is 0.0995. The average molecular weight is 393 g/mol. The van der Waals surface area contributed by atoms with Crippen molar-refractivity contribution in [3.8, 4) is 10.8 Å². The summed E-state index contributed by atoms with van der Waals surface area (Å²) in [5.41, 5.74) is 0.385. The van der Waals surface area contributed by atoms with Crippen LogP contribution in [0.5, 0.6) is 0 Å². The SMILES string of the molecule is Cc1oc(-c2cccs2)nc1CCNS(=O)(=O)c1cccc([N+](=O)[O-])c1. The minimum atomic E-state index is -3.85. The Bertz CT molecular complexity index is 1030. The number of thiophene rings is 1. The van der Waals surface area contributed by atoms with Gasteiger partial charge < -0.3 is 4.42 Å². The molecule has 1 N–H and O–H groups in total. The van der Waals surface area contributed by atoms with Crippen LogP contribution in [0.3, 0.4) is 0 Å². The first-order valence-electron chi connectivity index (χ1n) is 7.61. The van der Waals surface area contributed by atoms with Crippen LogP contribution in [0.2, 0.25) is 0 Å². The van der Waals surface area contributed by atoms with Gasteiger partial charge in [0.05, 0.1) is 20.4 Å². The number of oxazole rings is 1. The topological polar surface area (TPSA) is 115 Å². The molecule has 0 aliphatic rings. The molecule has 0 amide bonds. The molecular weight excluding hydrogens is 378 g/mol. The van der Waals surface area contributed by atoms with E-state index in [1.807, 2.05) is 17.5 Å². The van der Waals surface area contributed by atoms with Crippen molar-refractivity contribution in [2.24, 2.45) is 0 Å². The van der Waals surface area contributed by atoms with Gasteiger partial charge in [-0.15, -0.1) is 11.3 Å². The van der Waals surface area contributed by atoms with Crippen molar-refractivity contribution < 1.29 is 17.8 Å². The van der Waals surface area contributed by atoms with Gasteiger partial charge in [0, 0.05) is 25.1 Å². The molecule has 0 unspecified atom stereocenters. The first-order valence-corrected chi connectivity index (χ1v) is 9.97. The zero-order chi connectivity index (χ0) is 18.7. The summed E-state index contributed by atoms with van der Waals surface area (Å²) in [7, 11) is -3.85. The Hall–Kier alpha value is -2.56. The molecule has 0 spiro atoms. The van der Waals surface area contributed by atoms with Gasteiger partial charge in [-0.2, -0.15) is 0 Å². The summed E-state index contributed by atoms with van der Waals surface area (Å²) in [6, 6.07) is 8.70. The molecule has 3 rings (SSSR count). The van der Waals surface area contributed by atoms with Crippen molar-refractivity contribution in [1.82, 2.24) is 9.71 Å². The largest absolute Gasteiger partial charge is 0.440 e. The standard InChI is InChI=1S/C16H15N3O5S2/c1-11-14(18-16(24-11)15-6-3-9-25-15)7-8-17-26(22,23)13-5-2-4-12(10-13)19(20)21/h2-6,9-10,17H,7-8H2,1H3. The summed E-state index contributed by atoms with van der Waals surface area (Å²) in [5, 5.41) is 12.7. The second kappa shape index (κ2) is 7.36. The fourth-order valence-corrected chi connectivity index (χ4v) is 4.04. The molecule has 0 saturated carbocycles. The van der Waals surface area contributed by atoms with Gasteiger partial charge in [-0.05, 0) is 24.4 Å². The fourth-order valence-electron chi connectivity index (χ4n) is 2.32. The monoisotopic (exact) mass is 393 g/mol. The van der Waals surface area contributed by atoms with Crippen LogP contribution in [0, 0.1) is 17.0 Å². The number of non-ortho nitro benzene ring substituents is 1. The highest BCUT2D eigenvalue weighted by Gasteiger charge is 2.18. The number of rotatable bonds is 7. The van der Waals surface area contributed by atoms with Crippen LogP contribution in [0.4, 0.5) is 5.69 Å². The maximum absolute atomic E-state index is 12.3. The van der Waals surface area contributed by atoms with Crippen molar-refractivity contribution in [2.75, 3.05) is 6.54 Å². The van der Waals surface area contributed by atoms with E-state index < -0.39 is 14.9 Å². The zero-order valence-corrected chi connectivity index (χ0v) is 15.3. The van der Waals surface area contributed by atoms with Crippen LogP contribution in [0.25, 0.3) is 10.8 Å². The van der Waals surface area contributed by atoms with Gasteiger partial charge in [0.1, 0.15) is 5.76 Å². The fraction of sp³-hybridized carbons (Fsp3) is 0.188. The Morgan fingerprint density at radius 2 is 2.12 bits per heavy atom.